The Kier molecular flexibility index (Phi) is 4.75. The summed E-state index contributed by atoms with van der Waals surface area (Å²) in [7, 11) is 0. The lowest BCUT2D eigenvalue weighted by molar-refractivity contribution is -0.117. The normalized spacial score (nSPS) is 17.3. The lowest BCUT2D eigenvalue weighted by Gasteiger charge is -2.09. The van der Waals surface area contributed by atoms with Gasteiger partial charge in [0.2, 0.25) is 5.91 Å². The van der Waals surface area contributed by atoms with E-state index in [1.165, 1.54) is 0 Å². The van der Waals surface area contributed by atoms with Crippen LogP contribution in [0.25, 0.3) is 16.7 Å². The number of rotatable bonds is 5. The first-order valence-electron chi connectivity index (χ1n) is 10.3. The van der Waals surface area contributed by atoms with Crippen molar-refractivity contribution in [2.75, 3.05) is 10.6 Å². The Labute approximate surface area is 179 Å². The summed E-state index contributed by atoms with van der Waals surface area (Å²) in [6, 6.07) is 22.5. The molecule has 0 spiro atoms. The lowest BCUT2D eigenvalue weighted by Crippen LogP contribution is -2.15. The number of amides is 2. The van der Waals surface area contributed by atoms with E-state index in [0.29, 0.717) is 22.9 Å². The molecule has 6 heteroatoms. The largest absolute Gasteiger partial charge is 0.326 e. The van der Waals surface area contributed by atoms with Gasteiger partial charge in [-0.3, -0.25) is 14.2 Å². The van der Waals surface area contributed by atoms with Crippen LogP contribution in [0.1, 0.15) is 23.7 Å². The van der Waals surface area contributed by atoms with Crippen LogP contribution < -0.4 is 10.6 Å². The Morgan fingerprint density at radius 3 is 2.26 bits per heavy atom. The highest BCUT2D eigenvalue weighted by molar-refractivity contribution is 6.04. The zero-order valence-corrected chi connectivity index (χ0v) is 17.1. The van der Waals surface area contributed by atoms with Gasteiger partial charge in [-0.25, -0.2) is 4.98 Å². The number of para-hydroxylation sites is 2. The molecule has 0 saturated heterocycles. The zero-order chi connectivity index (χ0) is 21.4. The topological polar surface area (TPSA) is 76.0 Å². The molecule has 3 aromatic carbocycles. The van der Waals surface area contributed by atoms with E-state index in [9.17, 15) is 9.59 Å². The second-order valence-electron chi connectivity index (χ2n) is 7.99. The van der Waals surface area contributed by atoms with Crippen molar-refractivity contribution >= 4 is 34.2 Å². The van der Waals surface area contributed by atoms with Crippen molar-refractivity contribution in [1.29, 1.82) is 0 Å². The first-order chi connectivity index (χ1) is 15.1. The summed E-state index contributed by atoms with van der Waals surface area (Å²) in [4.78, 5) is 29.0. The standard InChI is InChI=1S/C25H22N4O2/c1-16-14-21(16)25(31)28-18-8-6-17(7-9-18)24(30)27-19-10-12-20(13-11-19)29-15-26-22-4-2-3-5-23(22)29/h2-13,15-16,21H,14H2,1H3,(H,27,30)(H,28,31). The van der Waals surface area contributed by atoms with Crippen LogP contribution in [-0.4, -0.2) is 21.4 Å². The number of benzene rings is 3. The number of imidazole rings is 1. The van der Waals surface area contributed by atoms with E-state index in [1.54, 1.807) is 30.6 Å². The molecular weight excluding hydrogens is 388 g/mol. The molecule has 1 aliphatic carbocycles. The lowest BCUT2D eigenvalue weighted by atomic mass is 10.1. The van der Waals surface area contributed by atoms with Gasteiger partial charge in [-0.2, -0.15) is 0 Å². The molecule has 0 radical (unpaired) electrons. The molecule has 1 saturated carbocycles. The van der Waals surface area contributed by atoms with Gasteiger partial charge in [-0.05, 0) is 73.0 Å². The van der Waals surface area contributed by atoms with E-state index in [0.717, 1.165) is 23.1 Å². The molecule has 0 aliphatic heterocycles. The van der Waals surface area contributed by atoms with Crippen LogP contribution in [0.3, 0.4) is 0 Å². The maximum atomic E-state index is 12.6. The minimum atomic E-state index is -0.200. The van der Waals surface area contributed by atoms with Gasteiger partial charge in [0.1, 0.15) is 6.33 Å². The number of carbonyl (C=O) groups excluding carboxylic acids is 2. The average molecular weight is 410 g/mol. The Hall–Kier alpha value is -3.93. The Balaban J connectivity index is 1.24. The Bertz CT molecular complexity index is 1260. The summed E-state index contributed by atoms with van der Waals surface area (Å²) in [5.41, 5.74) is 4.88. The minimum Gasteiger partial charge on any atom is -0.326 e. The second kappa shape index (κ2) is 7.72. The number of nitrogens with zero attached hydrogens (tertiary/aromatic N) is 2. The van der Waals surface area contributed by atoms with Crippen molar-refractivity contribution in [2.24, 2.45) is 11.8 Å². The fraction of sp³-hybridized carbons (Fsp3) is 0.160. The Morgan fingerprint density at radius 2 is 1.55 bits per heavy atom. The summed E-state index contributed by atoms with van der Waals surface area (Å²) >= 11 is 0. The molecule has 0 bridgehead atoms. The number of fused-ring (bicyclic) bond motifs is 1. The molecule has 2 unspecified atom stereocenters. The summed E-state index contributed by atoms with van der Waals surface area (Å²) in [6.07, 6.45) is 2.74. The highest BCUT2D eigenvalue weighted by Gasteiger charge is 2.39. The Morgan fingerprint density at radius 1 is 0.903 bits per heavy atom. The predicted molar refractivity (Wildman–Crippen MR) is 121 cm³/mol. The summed E-state index contributed by atoms with van der Waals surface area (Å²) in [5.74, 6) is 0.431. The molecule has 1 aliphatic rings. The van der Waals surface area contributed by atoms with E-state index in [2.05, 4.69) is 22.5 Å². The third-order valence-corrected chi connectivity index (χ3v) is 5.72. The maximum Gasteiger partial charge on any atom is 0.255 e. The number of nitrogens with one attached hydrogen (secondary N) is 2. The quantitative estimate of drug-likeness (QED) is 0.493. The first kappa shape index (κ1) is 19.1. The number of carbonyl (C=O) groups is 2. The van der Waals surface area contributed by atoms with Crippen LogP contribution in [0, 0.1) is 11.8 Å². The van der Waals surface area contributed by atoms with Crippen LogP contribution >= 0.6 is 0 Å². The van der Waals surface area contributed by atoms with Gasteiger partial charge in [0, 0.05) is 28.5 Å². The number of aromatic nitrogens is 2. The zero-order valence-electron chi connectivity index (χ0n) is 17.1. The number of hydrogen-bond acceptors (Lipinski definition) is 3. The van der Waals surface area contributed by atoms with Gasteiger partial charge in [0.25, 0.3) is 5.91 Å². The highest BCUT2D eigenvalue weighted by Crippen LogP contribution is 2.38. The third kappa shape index (κ3) is 3.92. The molecule has 154 valence electrons. The average Bonchev–Trinajstić information content (AvgIpc) is 3.37. The van der Waals surface area contributed by atoms with Crippen LogP contribution in [0.4, 0.5) is 11.4 Å². The van der Waals surface area contributed by atoms with Gasteiger partial charge < -0.3 is 10.6 Å². The molecule has 1 aromatic heterocycles. The van der Waals surface area contributed by atoms with Crippen molar-refractivity contribution < 1.29 is 9.59 Å². The van der Waals surface area contributed by atoms with E-state index in [-0.39, 0.29) is 17.7 Å². The molecule has 2 amide bonds. The van der Waals surface area contributed by atoms with E-state index < -0.39 is 0 Å². The first-order valence-corrected chi connectivity index (χ1v) is 10.3. The molecule has 6 nitrogen and oxygen atoms in total. The molecule has 5 rings (SSSR count). The van der Waals surface area contributed by atoms with Crippen molar-refractivity contribution in [3.63, 3.8) is 0 Å². The van der Waals surface area contributed by atoms with Gasteiger partial charge in [0.05, 0.1) is 11.0 Å². The highest BCUT2D eigenvalue weighted by atomic mass is 16.2. The van der Waals surface area contributed by atoms with Crippen molar-refractivity contribution in [1.82, 2.24) is 9.55 Å². The molecule has 2 atom stereocenters. The SMILES string of the molecule is CC1CC1C(=O)Nc1ccc(C(=O)Nc2ccc(-n3cnc4ccccc43)cc2)cc1. The van der Waals surface area contributed by atoms with Gasteiger partial charge >= 0.3 is 0 Å². The number of anilines is 2. The summed E-state index contributed by atoms with van der Waals surface area (Å²) < 4.78 is 2.01. The molecule has 2 N–H and O–H groups in total. The van der Waals surface area contributed by atoms with Gasteiger partial charge in [-0.15, -0.1) is 0 Å². The van der Waals surface area contributed by atoms with Crippen LogP contribution in [0.2, 0.25) is 0 Å². The smallest absolute Gasteiger partial charge is 0.255 e. The van der Waals surface area contributed by atoms with E-state index in [1.807, 2.05) is 53.1 Å². The van der Waals surface area contributed by atoms with Crippen LogP contribution in [0.15, 0.2) is 79.1 Å². The van der Waals surface area contributed by atoms with Crippen molar-refractivity contribution in [3.8, 4) is 5.69 Å². The minimum absolute atomic E-state index is 0.0514. The fourth-order valence-corrected chi connectivity index (χ4v) is 3.70. The molecule has 31 heavy (non-hydrogen) atoms. The van der Waals surface area contributed by atoms with Crippen molar-refractivity contribution in [2.45, 2.75) is 13.3 Å². The van der Waals surface area contributed by atoms with Gasteiger partial charge in [0.15, 0.2) is 0 Å². The monoisotopic (exact) mass is 410 g/mol. The maximum absolute atomic E-state index is 12.6. The molecule has 1 fully saturated rings. The van der Waals surface area contributed by atoms with Crippen LogP contribution in [-0.2, 0) is 4.79 Å². The molecular formula is C25H22N4O2. The van der Waals surface area contributed by atoms with Gasteiger partial charge in [-0.1, -0.05) is 19.1 Å². The summed E-state index contributed by atoms with van der Waals surface area (Å²) in [5, 5.41) is 5.82. The van der Waals surface area contributed by atoms with Crippen LogP contribution in [0.5, 0.6) is 0 Å². The molecule has 1 heterocycles. The van der Waals surface area contributed by atoms with Crippen molar-refractivity contribution in [3.05, 3.63) is 84.7 Å². The second-order valence-corrected chi connectivity index (χ2v) is 7.99. The fourth-order valence-electron chi connectivity index (χ4n) is 3.70. The predicted octanol–water partition coefficient (Wildman–Crippen LogP) is 4.87. The molecule has 4 aromatic rings. The van der Waals surface area contributed by atoms with E-state index >= 15 is 0 Å². The van der Waals surface area contributed by atoms with E-state index in [4.69, 9.17) is 0 Å². The number of hydrogen-bond donors (Lipinski definition) is 2. The summed E-state index contributed by atoms with van der Waals surface area (Å²) in [6.45, 7) is 2.07. The third-order valence-electron chi connectivity index (χ3n) is 5.72.